The van der Waals surface area contributed by atoms with Gasteiger partial charge in [0.15, 0.2) is 0 Å². The van der Waals surface area contributed by atoms with Crippen LogP contribution in [-0.4, -0.2) is 18.9 Å². The lowest BCUT2D eigenvalue weighted by Gasteiger charge is -2.25. The van der Waals surface area contributed by atoms with Gasteiger partial charge in [-0.05, 0) is 54.8 Å². The molecule has 0 spiro atoms. The summed E-state index contributed by atoms with van der Waals surface area (Å²) in [5, 5.41) is 2.86. The Morgan fingerprint density at radius 1 is 1.00 bits per heavy atom. The number of rotatable bonds is 5. The molecule has 1 saturated carbocycles. The van der Waals surface area contributed by atoms with E-state index in [-0.39, 0.29) is 11.8 Å². The van der Waals surface area contributed by atoms with Crippen LogP contribution >= 0.6 is 0 Å². The highest BCUT2D eigenvalue weighted by molar-refractivity contribution is 6.04. The second-order valence-electron chi connectivity index (χ2n) is 6.41. The topological polar surface area (TPSA) is 81.4 Å². The van der Waals surface area contributed by atoms with Crippen molar-refractivity contribution in [1.29, 1.82) is 0 Å². The number of carbonyl (C=O) groups excluding carboxylic acids is 2. The Balaban J connectivity index is 1.74. The lowest BCUT2D eigenvalue weighted by molar-refractivity contribution is -0.123. The number of nitrogens with two attached hydrogens (primary N) is 1. The van der Waals surface area contributed by atoms with E-state index in [0.29, 0.717) is 17.0 Å². The lowest BCUT2D eigenvalue weighted by atomic mass is 9.78. The summed E-state index contributed by atoms with van der Waals surface area (Å²) in [6.07, 6.45) is 3.61. The maximum Gasteiger partial charge on any atom is 0.255 e. The average Bonchev–Trinajstić information content (AvgIpc) is 3.13. The van der Waals surface area contributed by atoms with Gasteiger partial charge in [-0.1, -0.05) is 25.0 Å². The molecule has 2 amide bonds. The first-order valence-electron chi connectivity index (χ1n) is 8.41. The van der Waals surface area contributed by atoms with Gasteiger partial charge in [-0.15, -0.1) is 0 Å². The van der Waals surface area contributed by atoms with Crippen LogP contribution in [0.4, 0.5) is 5.69 Å². The zero-order chi connectivity index (χ0) is 17.9. The highest BCUT2D eigenvalue weighted by Gasteiger charge is 2.41. The summed E-state index contributed by atoms with van der Waals surface area (Å²) in [7, 11) is 1.58. The fraction of sp³-hybridized carbons (Fsp3) is 0.300. The van der Waals surface area contributed by atoms with E-state index >= 15 is 0 Å². The fourth-order valence-electron chi connectivity index (χ4n) is 3.47. The molecule has 130 valence electrons. The molecule has 3 rings (SSSR count). The highest BCUT2D eigenvalue weighted by atomic mass is 16.5. The molecule has 0 unspecified atom stereocenters. The van der Waals surface area contributed by atoms with E-state index in [4.69, 9.17) is 10.5 Å². The molecule has 1 aliphatic carbocycles. The molecule has 25 heavy (non-hydrogen) atoms. The Hall–Kier alpha value is -2.82. The van der Waals surface area contributed by atoms with Gasteiger partial charge in [0.05, 0.1) is 12.5 Å². The number of nitrogens with one attached hydrogen (secondary N) is 1. The van der Waals surface area contributed by atoms with Crippen LogP contribution in [0.2, 0.25) is 0 Å². The van der Waals surface area contributed by atoms with E-state index in [1.54, 1.807) is 31.4 Å². The molecule has 0 atom stereocenters. The van der Waals surface area contributed by atoms with Crippen LogP contribution in [0.5, 0.6) is 5.75 Å². The molecule has 0 aliphatic heterocycles. The predicted octanol–water partition coefficient (Wildman–Crippen LogP) is 3.24. The van der Waals surface area contributed by atoms with Crippen molar-refractivity contribution in [2.75, 3.05) is 12.4 Å². The Kier molecular flexibility index (Phi) is 4.74. The van der Waals surface area contributed by atoms with Gasteiger partial charge in [-0.3, -0.25) is 9.59 Å². The molecular weight excluding hydrogens is 316 g/mol. The molecule has 0 saturated heterocycles. The van der Waals surface area contributed by atoms with Gasteiger partial charge in [0, 0.05) is 11.3 Å². The second kappa shape index (κ2) is 6.97. The third-order valence-corrected chi connectivity index (χ3v) is 4.98. The monoisotopic (exact) mass is 338 g/mol. The molecule has 0 heterocycles. The lowest BCUT2D eigenvalue weighted by Crippen LogP contribution is -2.38. The zero-order valence-corrected chi connectivity index (χ0v) is 14.2. The number of hydrogen-bond donors (Lipinski definition) is 2. The zero-order valence-electron chi connectivity index (χ0n) is 14.2. The molecular formula is C20H22N2O3. The van der Waals surface area contributed by atoms with Crippen molar-refractivity contribution in [3.63, 3.8) is 0 Å². The van der Waals surface area contributed by atoms with Crippen molar-refractivity contribution < 1.29 is 14.3 Å². The second-order valence-corrected chi connectivity index (χ2v) is 6.41. The van der Waals surface area contributed by atoms with E-state index in [1.807, 2.05) is 24.3 Å². The van der Waals surface area contributed by atoms with Gasteiger partial charge in [0.1, 0.15) is 5.75 Å². The molecule has 5 nitrogen and oxygen atoms in total. The molecule has 2 aromatic carbocycles. The van der Waals surface area contributed by atoms with Crippen LogP contribution in [0, 0.1) is 0 Å². The number of amides is 2. The number of hydrogen-bond acceptors (Lipinski definition) is 3. The minimum Gasteiger partial charge on any atom is -0.497 e. The largest absolute Gasteiger partial charge is 0.497 e. The summed E-state index contributed by atoms with van der Waals surface area (Å²) in [5.74, 6) is 0.245. The smallest absolute Gasteiger partial charge is 0.255 e. The maximum atomic E-state index is 12.3. The van der Waals surface area contributed by atoms with Crippen molar-refractivity contribution in [3.8, 4) is 5.75 Å². The van der Waals surface area contributed by atoms with E-state index in [9.17, 15) is 9.59 Å². The van der Waals surface area contributed by atoms with Gasteiger partial charge in [-0.25, -0.2) is 0 Å². The summed E-state index contributed by atoms with van der Waals surface area (Å²) >= 11 is 0. The molecule has 0 aromatic heterocycles. The number of benzene rings is 2. The first-order valence-corrected chi connectivity index (χ1v) is 8.41. The van der Waals surface area contributed by atoms with Crippen LogP contribution in [0.25, 0.3) is 0 Å². The molecule has 2 aromatic rings. The number of anilines is 1. The SMILES string of the molecule is COc1ccc(C(=O)Nc2ccc(C3(C(N)=O)CCCC3)cc2)cc1. The predicted molar refractivity (Wildman–Crippen MR) is 96.7 cm³/mol. The standard InChI is InChI=1S/C20H22N2O3/c1-25-17-10-4-14(5-11-17)18(23)22-16-8-6-15(7-9-16)20(19(21)24)12-2-3-13-20/h4-11H,2-3,12-13H2,1H3,(H2,21,24)(H,22,23). The third kappa shape index (κ3) is 3.36. The summed E-state index contributed by atoms with van der Waals surface area (Å²) in [4.78, 5) is 24.3. The molecule has 5 heteroatoms. The van der Waals surface area contributed by atoms with Crippen molar-refractivity contribution in [3.05, 3.63) is 59.7 Å². The van der Waals surface area contributed by atoms with Crippen molar-refractivity contribution in [2.24, 2.45) is 5.73 Å². The minimum absolute atomic E-state index is 0.194. The van der Waals surface area contributed by atoms with E-state index in [0.717, 1.165) is 31.2 Å². The van der Waals surface area contributed by atoms with Crippen molar-refractivity contribution in [2.45, 2.75) is 31.1 Å². The maximum absolute atomic E-state index is 12.3. The highest BCUT2D eigenvalue weighted by Crippen LogP contribution is 2.41. The quantitative estimate of drug-likeness (QED) is 0.878. The van der Waals surface area contributed by atoms with Crippen LogP contribution in [0.1, 0.15) is 41.6 Å². The van der Waals surface area contributed by atoms with Crippen LogP contribution in [0.15, 0.2) is 48.5 Å². The van der Waals surface area contributed by atoms with Gasteiger partial charge in [0.2, 0.25) is 5.91 Å². The van der Waals surface area contributed by atoms with Gasteiger partial charge < -0.3 is 15.8 Å². The van der Waals surface area contributed by atoms with Gasteiger partial charge in [0.25, 0.3) is 5.91 Å². The Labute approximate surface area is 147 Å². The van der Waals surface area contributed by atoms with E-state index < -0.39 is 5.41 Å². The van der Waals surface area contributed by atoms with Crippen LogP contribution in [0.3, 0.4) is 0 Å². The molecule has 3 N–H and O–H groups in total. The molecule has 0 radical (unpaired) electrons. The number of methoxy groups -OCH3 is 1. The Bertz CT molecular complexity index is 761. The fourth-order valence-corrected chi connectivity index (χ4v) is 3.47. The Morgan fingerprint density at radius 3 is 2.12 bits per heavy atom. The molecule has 0 bridgehead atoms. The summed E-state index contributed by atoms with van der Waals surface area (Å²) < 4.78 is 5.09. The van der Waals surface area contributed by atoms with Crippen LogP contribution < -0.4 is 15.8 Å². The summed E-state index contributed by atoms with van der Waals surface area (Å²) in [5.41, 5.74) is 7.27. The number of primary amides is 1. The average molecular weight is 338 g/mol. The first-order chi connectivity index (χ1) is 12.0. The molecule has 1 fully saturated rings. The summed E-state index contributed by atoms with van der Waals surface area (Å²) in [6.45, 7) is 0. The molecule has 1 aliphatic rings. The van der Waals surface area contributed by atoms with E-state index in [1.165, 1.54) is 0 Å². The number of carbonyl (C=O) groups is 2. The number of ether oxygens (including phenoxy) is 1. The normalized spacial score (nSPS) is 15.6. The minimum atomic E-state index is -0.557. The third-order valence-electron chi connectivity index (χ3n) is 4.98. The van der Waals surface area contributed by atoms with Crippen molar-refractivity contribution >= 4 is 17.5 Å². The first kappa shape index (κ1) is 17.0. The summed E-state index contributed by atoms with van der Waals surface area (Å²) in [6, 6.07) is 14.3. The van der Waals surface area contributed by atoms with E-state index in [2.05, 4.69) is 5.32 Å². The Morgan fingerprint density at radius 2 is 1.60 bits per heavy atom. The van der Waals surface area contributed by atoms with Crippen LogP contribution in [-0.2, 0) is 10.2 Å². The van der Waals surface area contributed by atoms with Gasteiger partial charge >= 0.3 is 0 Å². The van der Waals surface area contributed by atoms with Gasteiger partial charge in [-0.2, -0.15) is 0 Å². The van der Waals surface area contributed by atoms with Crippen molar-refractivity contribution in [1.82, 2.24) is 0 Å².